The Kier molecular flexibility index (Phi) is 6.63. The lowest BCUT2D eigenvalue weighted by molar-refractivity contribution is -0.0585. The van der Waals surface area contributed by atoms with Crippen molar-refractivity contribution in [2.24, 2.45) is 5.92 Å². The third-order valence-electron chi connectivity index (χ3n) is 3.88. The van der Waals surface area contributed by atoms with Crippen LogP contribution in [0, 0.1) is 5.92 Å². The molecule has 0 aliphatic carbocycles. The molecule has 0 amide bonds. The van der Waals surface area contributed by atoms with Crippen molar-refractivity contribution in [3.63, 3.8) is 0 Å². The van der Waals surface area contributed by atoms with Gasteiger partial charge in [-0.15, -0.1) is 0 Å². The molecule has 0 aliphatic heterocycles. The quantitative estimate of drug-likeness (QED) is 0.654. The van der Waals surface area contributed by atoms with Gasteiger partial charge in [-0.1, -0.05) is 87.9 Å². The van der Waals surface area contributed by atoms with Crippen molar-refractivity contribution in [2.75, 3.05) is 0 Å². The molecular weight excluding hydrogens is 270 g/mol. The lowest BCUT2D eigenvalue weighted by Crippen LogP contribution is -2.28. The lowest BCUT2D eigenvalue weighted by atomic mass is 9.97. The van der Waals surface area contributed by atoms with Crippen LogP contribution in [0.25, 0.3) is 0 Å². The molecule has 0 bridgehead atoms. The normalized spacial score (nSPS) is 14.0. The highest BCUT2D eigenvalue weighted by Crippen LogP contribution is 2.26. The largest absolute Gasteiger partial charge is 0.293 e. The predicted molar refractivity (Wildman–Crippen MR) is 92.3 cm³/mol. The van der Waals surface area contributed by atoms with Gasteiger partial charge in [-0.3, -0.25) is 4.84 Å². The molecule has 2 rings (SSSR count). The summed E-state index contributed by atoms with van der Waals surface area (Å²) in [5, 5.41) is 0. The van der Waals surface area contributed by atoms with E-state index in [0.717, 1.165) is 12.8 Å². The van der Waals surface area contributed by atoms with Crippen LogP contribution >= 0.6 is 0 Å². The van der Waals surface area contributed by atoms with Gasteiger partial charge in [0.05, 0.1) is 6.04 Å². The van der Waals surface area contributed by atoms with Crippen LogP contribution in [-0.2, 0) is 4.84 Å². The average Bonchev–Trinajstić information content (AvgIpc) is 2.55. The van der Waals surface area contributed by atoms with Crippen molar-refractivity contribution in [2.45, 2.75) is 45.8 Å². The Balaban J connectivity index is 2.06. The Hall–Kier alpha value is -1.64. The maximum atomic E-state index is 6.10. The minimum absolute atomic E-state index is 0.0937. The molecule has 0 fully saturated rings. The van der Waals surface area contributed by atoms with Gasteiger partial charge in [-0.25, -0.2) is 0 Å². The summed E-state index contributed by atoms with van der Waals surface area (Å²) in [7, 11) is 0. The molecule has 1 N–H and O–H groups in total. The van der Waals surface area contributed by atoms with Crippen molar-refractivity contribution in [3.8, 4) is 0 Å². The van der Waals surface area contributed by atoms with E-state index in [1.807, 2.05) is 12.1 Å². The first-order valence-corrected chi connectivity index (χ1v) is 8.23. The second-order valence-corrected chi connectivity index (χ2v) is 6.06. The molecule has 0 aliphatic rings. The van der Waals surface area contributed by atoms with Gasteiger partial charge in [0.1, 0.15) is 6.10 Å². The second-order valence-electron chi connectivity index (χ2n) is 6.06. The van der Waals surface area contributed by atoms with E-state index in [9.17, 15) is 0 Å². The first-order valence-electron chi connectivity index (χ1n) is 8.23. The van der Waals surface area contributed by atoms with Crippen LogP contribution in [0.1, 0.15) is 56.9 Å². The summed E-state index contributed by atoms with van der Waals surface area (Å²) < 4.78 is 0. The molecular formula is C20H27NO. The van der Waals surface area contributed by atoms with Crippen molar-refractivity contribution < 1.29 is 4.84 Å². The molecule has 0 spiro atoms. The fraction of sp³-hybridized carbons (Fsp3) is 0.400. The van der Waals surface area contributed by atoms with Gasteiger partial charge in [-0.05, 0) is 23.5 Å². The van der Waals surface area contributed by atoms with Crippen molar-refractivity contribution in [1.82, 2.24) is 5.48 Å². The Morgan fingerprint density at radius 2 is 1.41 bits per heavy atom. The van der Waals surface area contributed by atoms with Gasteiger partial charge in [-0.2, -0.15) is 5.48 Å². The first kappa shape index (κ1) is 16.7. The highest BCUT2D eigenvalue weighted by molar-refractivity contribution is 5.19. The minimum Gasteiger partial charge on any atom is -0.293 e. The van der Waals surface area contributed by atoms with Crippen LogP contribution in [0.2, 0.25) is 0 Å². The van der Waals surface area contributed by atoms with Crippen LogP contribution in [-0.4, -0.2) is 0 Å². The van der Waals surface area contributed by atoms with Gasteiger partial charge in [0.15, 0.2) is 0 Å². The van der Waals surface area contributed by atoms with Crippen LogP contribution < -0.4 is 5.48 Å². The molecule has 118 valence electrons. The zero-order valence-corrected chi connectivity index (χ0v) is 13.8. The molecule has 2 aromatic carbocycles. The van der Waals surface area contributed by atoms with Gasteiger partial charge in [0.2, 0.25) is 0 Å². The van der Waals surface area contributed by atoms with Gasteiger partial charge in [0, 0.05) is 0 Å². The molecule has 2 heteroatoms. The third kappa shape index (κ3) is 4.69. The summed E-state index contributed by atoms with van der Waals surface area (Å²) in [6.07, 6.45) is 2.20. The van der Waals surface area contributed by atoms with E-state index in [4.69, 9.17) is 4.84 Å². The average molecular weight is 297 g/mol. The maximum absolute atomic E-state index is 6.10. The lowest BCUT2D eigenvalue weighted by Gasteiger charge is -2.26. The van der Waals surface area contributed by atoms with E-state index in [1.54, 1.807) is 0 Å². The van der Waals surface area contributed by atoms with E-state index in [0.29, 0.717) is 5.92 Å². The van der Waals surface area contributed by atoms with Crippen molar-refractivity contribution in [1.29, 1.82) is 0 Å². The number of hydroxylamine groups is 1. The summed E-state index contributed by atoms with van der Waals surface area (Å²) >= 11 is 0. The Morgan fingerprint density at radius 1 is 0.864 bits per heavy atom. The monoisotopic (exact) mass is 297 g/mol. The Morgan fingerprint density at radius 3 is 1.91 bits per heavy atom. The molecule has 2 aromatic rings. The third-order valence-corrected chi connectivity index (χ3v) is 3.88. The molecule has 0 saturated heterocycles. The molecule has 0 heterocycles. The number of hydrogen-bond acceptors (Lipinski definition) is 2. The van der Waals surface area contributed by atoms with Crippen molar-refractivity contribution >= 4 is 0 Å². The minimum atomic E-state index is 0.0937. The molecule has 2 atom stereocenters. The summed E-state index contributed by atoms with van der Waals surface area (Å²) in [6, 6.07) is 21.1. The fourth-order valence-electron chi connectivity index (χ4n) is 2.63. The van der Waals surface area contributed by atoms with Gasteiger partial charge >= 0.3 is 0 Å². The molecule has 2 nitrogen and oxygen atoms in total. The van der Waals surface area contributed by atoms with Crippen LogP contribution in [0.4, 0.5) is 0 Å². The highest BCUT2D eigenvalue weighted by atomic mass is 16.7. The number of benzene rings is 2. The molecule has 0 saturated carbocycles. The number of nitrogens with one attached hydrogen (secondary N) is 1. The molecule has 0 aromatic heterocycles. The number of rotatable bonds is 8. The van der Waals surface area contributed by atoms with E-state index in [1.165, 1.54) is 11.1 Å². The van der Waals surface area contributed by atoms with Gasteiger partial charge in [0.25, 0.3) is 0 Å². The number of hydrogen-bond donors (Lipinski definition) is 1. The summed E-state index contributed by atoms with van der Waals surface area (Å²) in [4.78, 5) is 6.10. The van der Waals surface area contributed by atoms with Crippen molar-refractivity contribution in [3.05, 3.63) is 71.8 Å². The second kappa shape index (κ2) is 8.72. The van der Waals surface area contributed by atoms with Crippen LogP contribution in [0.15, 0.2) is 60.7 Å². The van der Waals surface area contributed by atoms with Crippen LogP contribution in [0.5, 0.6) is 0 Å². The van der Waals surface area contributed by atoms with Gasteiger partial charge < -0.3 is 0 Å². The zero-order valence-electron chi connectivity index (χ0n) is 13.8. The summed E-state index contributed by atoms with van der Waals surface area (Å²) in [5.74, 6) is 0.459. The Bertz CT molecular complexity index is 524. The SMILES string of the molecule is CCC[C@H](ON[C@@H](c1ccccc1)C(C)C)c1ccccc1. The summed E-state index contributed by atoms with van der Waals surface area (Å²) in [5.41, 5.74) is 5.81. The molecule has 0 radical (unpaired) electrons. The smallest absolute Gasteiger partial charge is 0.104 e. The standard InChI is InChI=1S/C20H27NO/c1-4-11-19(17-12-7-5-8-13-17)22-21-20(16(2)3)18-14-9-6-10-15-18/h5-10,12-16,19-21H,4,11H2,1-3H3/t19-,20+/m0/s1. The van der Waals surface area contributed by atoms with E-state index in [-0.39, 0.29) is 12.1 Å². The predicted octanol–water partition coefficient (Wildman–Crippen LogP) is 5.45. The zero-order chi connectivity index (χ0) is 15.8. The first-order chi connectivity index (χ1) is 10.7. The fourth-order valence-corrected chi connectivity index (χ4v) is 2.63. The maximum Gasteiger partial charge on any atom is 0.104 e. The highest BCUT2D eigenvalue weighted by Gasteiger charge is 2.18. The van der Waals surface area contributed by atoms with E-state index >= 15 is 0 Å². The molecule has 0 unspecified atom stereocenters. The Labute approximate surface area is 134 Å². The topological polar surface area (TPSA) is 21.3 Å². The van der Waals surface area contributed by atoms with E-state index in [2.05, 4.69) is 74.8 Å². The van der Waals surface area contributed by atoms with Crippen LogP contribution in [0.3, 0.4) is 0 Å². The van der Waals surface area contributed by atoms with E-state index < -0.39 is 0 Å². The molecule has 22 heavy (non-hydrogen) atoms. The summed E-state index contributed by atoms with van der Waals surface area (Å²) in [6.45, 7) is 6.62.